The molecule has 2 aromatic carbocycles. The summed E-state index contributed by atoms with van der Waals surface area (Å²) in [5.41, 5.74) is 1.74. The largest absolute Gasteiger partial charge is 0.495 e. The number of methoxy groups -OCH3 is 1. The summed E-state index contributed by atoms with van der Waals surface area (Å²) in [4.78, 5) is 10.1. The third kappa shape index (κ3) is 6.81. The second-order valence-electron chi connectivity index (χ2n) is 5.93. The van der Waals surface area contributed by atoms with Crippen LogP contribution in [0.25, 0.3) is 0 Å². The molecular formula is C18H23ClNO4P. The maximum absolute atomic E-state index is 12.3. The van der Waals surface area contributed by atoms with Gasteiger partial charge in [-0.05, 0) is 23.3 Å². The number of benzene rings is 2. The summed E-state index contributed by atoms with van der Waals surface area (Å²) in [5, 5.41) is 13.7. The van der Waals surface area contributed by atoms with Gasteiger partial charge in [0.2, 0.25) is 7.37 Å². The van der Waals surface area contributed by atoms with Crippen molar-refractivity contribution >= 4 is 19.0 Å². The lowest BCUT2D eigenvalue weighted by Crippen LogP contribution is -2.29. The zero-order valence-electron chi connectivity index (χ0n) is 14.1. The van der Waals surface area contributed by atoms with E-state index in [2.05, 4.69) is 5.32 Å². The van der Waals surface area contributed by atoms with Gasteiger partial charge in [-0.2, -0.15) is 0 Å². The van der Waals surface area contributed by atoms with E-state index in [1.165, 1.54) is 0 Å². The molecule has 0 aliphatic carbocycles. The van der Waals surface area contributed by atoms with Crippen LogP contribution in [-0.4, -0.2) is 35.9 Å². The fourth-order valence-corrected chi connectivity index (χ4v) is 4.42. The Bertz CT molecular complexity index is 726. The Morgan fingerprint density at radius 3 is 2.60 bits per heavy atom. The van der Waals surface area contributed by atoms with E-state index in [0.29, 0.717) is 17.3 Å². The van der Waals surface area contributed by atoms with Crippen LogP contribution in [0.1, 0.15) is 11.1 Å². The van der Waals surface area contributed by atoms with Gasteiger partial charge in [0.25, 0.3) is 0 Å². The molecule has 0 aliphatic rings. The highest BCUT2D eigenvalue weighted by atomic mass is 35.5. The van der Waals surface area contributed by atoms with Crippen LogP contribution in [0.5, 0.6) is 5.75 Å². The quantitative estimate of drug-likeness (QED) is 0.579. The number of hydrogen-bond donors (Lipinski definition) is 3. The van der Waals surface area contributed by atoms with Crippen molar-refractivity contribution in [3.63, 3.8) is 0 Å². The minimum absolute atomic E-state index is 0.0687. The molecule has 0 heterocycles. The van der Waals surface area contributed by atoms with Crippen molar-refractivity contribution in [2.45, 2.75) is 18.8 Å². The summed E-state index contributed by atoms with van der Waals surface area (Å²) < 4.78 is 17.4. The standard InChI is InChI=1S/C18H23ClNO4P/c1-24-18-9-15(7-8-17(18)19)10-20-11-16(21)13-25(22,23)12-14-5-3-2-4-6-14/h2-9,16,20-21H,10-13H2,1H3,(H,22,23)/t16-/m1/s1. The summed E-state index contributed by atoms with van der Waals surface area (Å²) in [6.07, 6.45) is -0.966. The van der Waals surface area contributed by atoms with E-state index < -0.39 is 13.5 Å². The van der Waals surface area contributed by atoms with Crippen LogP contribution in [0.2, 0.25) is 5.02 Å². The predicted octanol–water partition coefficient (Wildman–Crippen LogP) is 3.27. The van der Waals surface area contributed by atoms with Crippen LogP contribution < -0.4 is 10.1 Å². The van der Waals surface area contributed by atoms with E-state index in [4.69, 9.17) is 16.3 Å². The molecule has 1 unspecified atom stereocenters. The molecule has 25 heavy (non-hydrogen) atoms. The first kappa shape index (κ1) is 20.0. The highest BCUT2D eigenvalue weighted by molar-refractivity contribution is 7.57. The van der Waals surface area contributed by atoms with E-state index in [1.807, 2.05) is 30.3 Å². The molecule has 0 fully saturated rings. The van der Waals surface area contributed by atoms with E-state index in [1.54, 1.807) is 25.3 Å². The molecule has 136 valence electrons. The number of ether oxygens (including phenoxy) is 1. The molecule has 3 N–H and O–H groups in total. The van der Waals surface area contributed by atoms with Crippen molar-refractivity contribution in [3.8, 4) is 5.75 Å². The molecule has 0 amide bonds. The molecule has 0 radical (unpaired) electrons. The van der Waals surface area contributed by atoms with Gasteiger partial charge in [0.15, 0.2) is 0 Å². The third-order valence-electron chi connectivity index (χ3n) is 3.69. The number of nitrogens with one attached hydrogen (secondary N) is 1. The predicted molar refractivity (Wildman–Crippen MR) is 101 cm³/mol. The zero-order valence-corrected chi connectivity index (χ0v) is 15.7. The lowest BCUT2D eigenvalue weighted by atomic mass is 10.2. The molecule has 7 heteroatoms. The van der Waals surface area contributed by atoms with Crippen molar-refractivity contribution in [3.05, 3.63) is 64.7 Å². The molecule has 0 bridgehead atoms. The summed E-state index contributed by atoms with van der Waals surface area (Å²) in [7, 11) is -1.88. The van der Waals surface area contributed by atoms with Crippen molar-refractivity contribution in [2.75, 3.05) is 19.8 Å². The maximum Gasteiger partial charge on any atom is 0.207 e. The summed E-state index contributed by atoms with van der Waals surface area (Å²) >= 11 is 5.98. The lowest BCUT2D eigenvalue weighted by molar-refractivity contribution is 0.190. The minimum Gasteiger partial charge on any atom is -0.495 e. The molecule has 2 rings (SSSR count). The Kier molecular flexibility index (Phi) is 7.48. The molecule has 0 aliphatic heterocycles. The van der Waals surface area contributed by atoms with Crippen molar-refractivity contribution in [1.29, 1.82) is 0 Å². The Morgan fingerprint density at radius 2 is 1.92 bits per heavy atom. The highest BCUT2D eigenvalue weighted by Crippen LogP contribution is 2.44. The lowest BCUT2D eigenvalue weighted by Gasteiger charge is -2.17. The van der Waals surface area contributed by atoms with Gasteiger partial charge in [0.05, 0.1) is 24.4 Å². The first-order valence-electron chi connectivity index (χ1n) is 7.95. The van der Waals surface area contributed by atoms with Crippen molar-refractivity contribution < 1.29 is 19.3 Å². The Balaban J connectivity index is 1.80. The number of halogens is 1. The fraction of sp³-hybridized carbons (Fsp3) is 0.333. The van der Waals surface area contributed by atoms with Gasteiger partial charge in [-0.15, -0.1) is 0 Å². The molecule has 0 saturated heterocycles. The number of rotatable bonds is 9. The Labute approximate surface area is 153 Å². The molecule has 5 nitrogen and oxygen atoms in total. The van der Waals surface area contributed by atoms with E-state index >= 15 is 0 Å². The van der Waals surface area contributed by atoms with E-state index in [0.717, 1.165) is 11.1 Å². The average Bonchev–Trinajstić information content (AvgIpc) is 2.56. The van der Waals surface area contributed by atoms with Gasteiger partial charge in [0, 0.05) is 19.3 Å². The molecule has 0 aromatic heterocycles. The van der Waals surface area contributed by atoms with Crippen LogP contribution >= 0.6 is 19.0 Å². The van der Waals surface area contributed by atoms with Crippen molar-refractivity contribution in [1.82, 2.24) is 5.32 Å². The summed E-state index contributed by atoms with van der Waals surface area (Å²) in [5.74, 6) is 0.587. The number of aliphatic hydroxyl groups excluding tert-OH is 1. The Morgan fingerprint density at radius 1 is 1.20 bits per heavy atom. The first-order chi connectivity index (χ1) is 11.9. The monoisotopic (exact) mass is 383 g/mol. The van der Waals surface area contributed by atoms with E-state index in [-0.39, 0.29) is 18.9 Å². The number of aliphatic hydroxyl groups is 1. The fourth-order valence-electron chi connectivity index (χ4n) is 2.52. The summed E-state index contributed by atoms with van der Waals surface area (Å²) in [6.45, 7) is 0.725. The smallest absolute Gasteiger partial charge is 0.207 e. The van der Waals surface area contributed by atoms with E-state index in [9.17, 15) is 14.6 Å². The SMILES string of the molecule is COc1cc(CNC[C@@H](O)CP(=O)(O)Cc2ccccc2)ccc1Cl. The van der Waals surface area contributed by atoms with Crippen LogP contribution in [0.3, 0.4) is 0 Å². The van der Waals surface area contributed by atoms with Crippen LogP contribution in [0.4, 0.5) is 0 Å². The minimum atomic E-state index is -3.43. The maximum atomic E-state index is 12.3. The normalized spacial score (nSPS) is 14.7. The average molecular weight is 384 g/mol. The molecule has 0 spiro atoms. The zero-order chi connectivity index (χ0) is 18.3. The van der Waals surface area contributed by atoms with Crippen LogP contribution in [0.15, 0.2) is 48.5 Å². The van der Waals surface area contributed by atoms with Crippen LogP contribution in [-0.2, 0) is 17.3 Å². The molecular weight excluding hydrogens is 361 g/mol. The molecule has 2 atom stereocenters. The van der Waals surface area contributed by atoms with Gasteiger partial charge in [-0.3, -0.25) is 4.57 Å². The van der Waals surface area contributed by atoms with Gasteiger partial charge in [0.1, 0.15) is 5.75 Å². The highest BCUT2D eigenvalue weighted by Gasteiger charge is 2.23. The summed E-state index contributed by atoms with van der Waals surface area (Å²) in [6, 6.07) is 14.5. The Hall–Kier alpha value is -1.36. The van der Waals surface area contributed by atoms with Crippen molar-refractivity contribution in [2.24, 2.45) is 0 Å². The van der Waals surface area contributed by atoms with Gasteiger partial charge in [-0.1, -0.05) is 48.0 Å². The van der Waals surface area contributed by atoms with Gasteiger partial charge in [-0.25, -0.2) is 0 Å². The topological polar surface area (TPSA) is 78.8 Å². The molecule has 0 saturated carbocycles. The van der Waals surface area contributed by atoms with Crippen LogP contribution in [0, 0.1) is 0 Å². The third-order valence-corrected chi connectivity index (χ3v) is 5.86. The molecule has 2 aromatic rings. The van der Waals surface area contributed by atoms with Gasteiger partial charge >= 0.3 is 0 Å². The van der Waals surface area contributed by atoms with Gasteiger partial charge < -0.3 is 20.1 Å². The second-order valence-corrected chi connectivity index (χ2v) is 8.71. The second kappa shape index (κ2) is 9.37. The first-order valence-corrected chi connectivity index (χ1v) is 10.4. The number of hydrogen-bond acceptors (Lipinski definition) is 4.